The van der Waals surface area contributed by atoms with Gasteiger partial charge in [-0.05, 0) is 58.6 Å². The number of halogens is 2. The normalized spacial score (nSPS) is 12.4. The molecule has 1 aromatic heterocycles. The number of anilines is 1. The first-order valence-electron chi connectivity index (χ1n) is 6.12. The van der Waals surface area contributed by atoms with E-state index in [0.29, 0.717) is 6.54 Å². The average Bonchev–Trinajstić information content (AvgIpc) is 2.83. The average molecular weight is 343 g/mol. The molecule has 0 saturated heterocycles. The van der Waals surface area contributed by atoms with E-state index in [4.69, 9.17) is 5.73 Å². The Kier molecular flexibility index (Phi) is 4.96. The fraction of sp³-hybridized carbons (Fsp3) is 0.286. The highest BCUT2D eigenvalue weighted by molar-refractivity contribution is 9.10. The summed E-state index contributed by atoms with van der Waals surface area (Å²) in [6.07, 6.45) is 0. The first kappa shape index (κ1) is 14.5. The van der Waals surface area contributed by atoms with Crippen molar-refractivity contribution >= 4 is 33.0 Å². The molecule has 1 heterocycles. The van der Waals surface area contributed by atoms with Gasteiger partial charge in [-0.15, -0.1) is 11.3 Å². The molecule has 0 bridgehead atoms. The molecule has 102 valence electrons. The Morgan fingerprint density at radius 3 is 2.47 bits per heavy atom. The van der Waals surface area contributed by atoms with Crippen LogP contribution in [0.2, 0.25) is 0 Å². The van der Waals surface area contributed by atoms with Gasteiger partial charge in [-0.25, -0.2) is 4.39 Å². The maximum absolute atomic E-state index is 13.0. The van der Waals surface area contributed by atoms with Gasteiger partial charge in [0.05, 0.1) is 6.04 Å². The van der Waals surface area contributed by atoms with Crippen LogP contribution in [-0.4, -0.2) is 13.1 Å². The van der Waals surface area contributed by atoms with Crippen molar-refractivity contribution in [2.75, 3.05) is 18.0 Å². The van der Waals surface area contributed by atoms with Gasteiger partial charge >= 0.3 is 0 Å². The highest BCUT2D eigenvalue weighted by Crippen LogP contribution is 2.34. The van der Waals surface area contributed by atoms with Crippen LogP contribution in [0.5, 0.6) is 0 Å². The Morgan fingerprint density at radius 2 is 2.00 bits per heavy atom. The number of hydrogen-bond acceptors (Lipinski definition) is 3. The summed E-state index contributed by atoms with van der Waals surface area (Å²) < 4.78 is 14.1. The number of nitrogens with zero attached hydrogens (tertiary/aromatic N) is 1. The van der Waals surface area contributed by atoms with Gasteiger partial charge in [0.1, 0.15) is 5.82 Å². The molecule has 2 N–H and O–H groups in total. The second-order valence-corrected chi connectivity index (χ2v) is 5.95. The number of hydrogen-bond donors (Lipinski definition) is 1. The van der Waals surface area contributed by atoms with Crippen molar-refractivity contribution < 1.29 is 4.39 Å². The molecule has 1 atom stereocenters. The van der Waals surface area contributed by atoms with Crippen LogP contribution in [0.3, 0.4) is 0 Å². The Balaban J connectivity index is 2.34. The fourth-order valence-electron chi connectivity index (χ4n) is 2.13. The van der Waals surface area contributed by atoms with E-state index in [0.717, 1.165) is 16.7 Å². The van der Waals surface area contributed by atoms with E-state index < -0.39 is 0 Å². The van der Waals surface area contributed by atoms with E-state index >= 15 is 0 Å². The summed E-state index contributed by atoms with van der Waals surface area (Å²) >= 11 is 5.24. The summed E-state index contributed by atoms with van der Waals surface area (Å²) in [5.74, 6) is -0.221. The smallest absolute Gasteiger partial charge is 0.123 e. The zero-order valence-corrected chi connectivity index (χ0v) is 13.0. The van der Waals surface area contributed by atoms with Crippen LogP contribution in [0.4, 0.5) is 10.1 Å². The summed E-state index contributed by atoms with van der Waals surface area (Å²) in [5.41, 5.74) is 6.93. The van der Waals surface area contributed by atoms with Crippen LogP contribution in [0.25, 0.3) is 0 Å². The zero-order valence-electron chi connectivity index (χ0n) is 10.6. The standard InChI is InChI=1S/C14H16BrFN2S/c1-2-18(11-5-3-10(16)4-6-11)13(9-17)14-12(15)7-8-19-14/h3-8,13H,2,9,17H2,1H3. The lowest BCUT2D eigenvalue weighted by Crippen LogP contribution is -2.33. The third kappa shape index (κ3) is 3.16. The molecule has 0 fully saturated rings. The Hall–Kier alpha value is -0.910. The molecule has 0 saturated carbocycles. The van der Waals surface area contributed by atoms with Crippen LogP contribution in [0, 0.1) is 5.82 Å². The molecular formula is C14H16BrFN2S. The first-order valence-corrected chi connectivity index (χ1v) is 7.79. The number of benzene rings is 1. The van der Waals surface area contributed by atoms with Crippen molar-refractivity contribution in [2.45, 2.75) is 13.0 Å². The lowest BCUT2D eigenvalue weighted by Gasteiger charge is -2.31. The second-order valence-electron chi connectivity index (χ2n) is 4.15. The number of likely N-dealkylation sites (N-methyl/N-ethyl adjacent to an activating group) is 1. The molecule has 2 aromatic rings. The lowest BCUT2D eigenvalue weighted by molar-refractivity contribution is 0.623. The highest BCUT2D eigenvalue weighted by Gasteiger charge is 2.21. The number of rotatable bonds is 5. The summed E-state index contributed by atoms with van der Waals surface area (Å²) in [4.78, 5) is 3.39. The molecule has 1 unspecified atom stereocenters. The van der Waals surface area contributed by atoms with E-state index in [1.807, 2.05) is 11.4 Å². The summed E-state index contributed by atoms with van der Waals surface area (Å²) in [7, 11) is 0. The van der Waals surface area contributed by atoms with E-state index in [1.54, 1.807) is 23.5 Å². The number of thiophene rings is 1. The topological polar surface area (TPSA) is 29.3 Å². The van der Waals surface area contributed by atoms with Gasteiger partial charge in [-0.3, -0.25) is 0 Å². The highest BCUT2D eigenvalue weighted by atomic mass is 79.9. The van der Waals surface area contributed by atoms with Crippen molar-refractivity contribution in [3.63, 3.8) is 0 Å². The van der Waals surface area contributed by atoms with Gasteiger partial charge in [0.2, 0.25) is 0 Å². The second kappa shape index (κ2) is 6.50. The van der Waals surface area contributed by atoms with Gasteiger partial charge in [-0.2, -0.15) is 0 Å². The minimum atomic E-state index is -0.221. The minimum Gasteiger partial charge on any atom is -0.363 e. The first-order chi connectivity index (χ1) is 9.17. The number of nitrogens with two attached hydrogens (primary N) is 1. The summed E-state index contributed by atoms with van der Waals surface area (Å²) in [5, 5.41) is 2.04. The summed E-state index contributed by atoms with van der Waals surface area (Å²) in [6.45, 7) is 3.41. The van der Waals surface area contributed by atoms with E-state index in [1.165, 1.54) is 17.0 Å². The molecule has 0 amide bonds. The maximum Gasteiger partial charge on any atom is 0.123 e. The monoisotopic (exact) mass is 342 g/mol. The van der Waals surface area contributed by atoms with Crippen LogP contribution >= 0.6 is 27.3 Å². The molecule has 0 aliphatic rings. The van der Waals surface area contributed by atoms with Crippen LogP contribution in [0.1, 0.15) is 17.8 Å². The SMILES string of the molecule is CCN(c1ccc(F)cc1)C(CN)c1sccc1Br. The van der Waals surface area contributed by atoms with Crippen LogP contribution < -0.4 is 10.6 Å². The molecule has 2 rings (SSSR count). The predicted octanol–water partition coefficient (Wildman–Crippen LogP) is 4.18. The van der Waals surface area contributed by atoms with Crippen molar-refractivity contribution in [3.8, 4) is 0 Å². The van der Waals surface area contributed by atoms with E-state index in [-0.39, 0.29) is 11.9 Å². The van der Waals surface area contributed by atoms with Gasteiger partial charge in [0, 0.05) is 28.1 Å². The molecule has 2 nitrogen and oxygen atoms in total. The van der Waals surface area contributed by atoms with Crippen molar-refractivity contribution in [1.29, 1.82) is 0 Å². The lowest BCUT2D eigenvalue weighted by atomic mass is 10.1. The van der Waals surface area contributed by atoms with Gasteiger partial charge < -0.3 is 10.6 Å². The third-order valence-corrected chi connectivity index (χ3v) is 5.02. The predicted molar refractivity (Wildman–Crippen MR) is 83.2 cm³/mol. The van der Waals surface area contributed by atoms with Crippen LogP contribution in [-0.2, 0) is 0 Å². The fourth-order valence-corrected chi connectivity index (χ4v) is 3.90. The molecule has 1 aromatic carbocycles. The Morgan fingerprint density at radius 1 is 1.32 bits per heavy atom. The Labute approximate surface area is 125 Å². The largest absolute Gasteiger partial charge is 0.363 e. The third-order valence-electron chi connectivity index (χ3n) is 3.05. The Bertz CT molecular complexity index is 526. The zero-order chi connectivity index (χ0) is 13.8. The molecule has 0 spiro atoms. The van der Waals surface area contributed by atoms with Gasteiger partial charge in [0.25, 0.3) is 0 Å². The molecule has 0 radical (unpaired) electrons. The maximum atomic E-state index is 13.0. The van der Waals surface area contributed by atoms with E-state index in [2.05, 4.69) is 27.8 Å². The molecule has 19 heavy (non-hydrogen) atoms. The molecule has 0 aliphatic carbocycles. The van der Waals surface area contributed by atoms with Gasteiger partial charge in [-0.1, -0.05) is 0 Å². The molecule has 0 aliphatic heterocycles. The molecular weight excluding hydrogens is 327 g/mol. The van der Waals surface area contributed by atoms with Crippen LogP contribution in [0.15, 0.2) is 40.2 Å². The van der Waals surface area contributed by atoms with E-state index in [9.17, 15) is 4.39 Å². The van der Waals surface area contributed by atoms with Crippen molar-refractivity contribution in [1.82, 2.24) is 0 Å². The summed E-state index contributed by atoms with van der Waals surface area (Å²) in [6, 6.07) is 8.68. The van der Waals surface area contributed by atoms with Gasteiger partial charge in [0.15, 0.2) is 0 Å². The van der Waals surface area contributed by atoms with Crippen molar-refractivity contribution in [2.24, 2.45) is 5.73 Å². The quantitative estimate of drug-likeness (QED) is 0.883. The van der Waals surface area contributed by atoms with Crippen molar-refractivity contribution in [3.05, 3.63) is 50.9 Å². The molecule has 5 heteroatoms. The minimum absolute atomic E-state index is 0.102.